The van der Waals surface area contributed by atoms with Crippen molar-refractivity contribution in [3.63, 3.8) is 0 Å². The summed E-state index contributed by atoms with van der Waals surface area (Å²) < 4.78 is 4.93. The average Bonchev–Trinajstić information content (AvgIpc) is 2.44. The highest BCUT2D eigenvalue weighted by molar-refractivity contribution is 5.78. The zero-order valence-electron chi connectivity index (χ0n) is 13.6. The Hall–Kier alpha value is -1.39. The van der Waals surface area contributed by atoms with Gasteiger partial charge in [0.1, 0.15) is 0 Å². The van der Waals surface area contributed by atoms with Gasteiger partial charge in [0.15, 0.2) is 0 Å². The van der Waals surface area contributed by atoms with Gasteiger partial charge in [0.05, 0.1) is 13.2 Å². The van der Waals surface area contributed by atoms with Gasteiger partial charge in [0.25, 0.3) is 0 Å². The van der Waals surface area contributed by atoms with Crippen LogP contribution in [0.1, 0.15) is 32.8 Å². The molecule has 0 aliphatic rings. The van der Waals surface area contributed by atoms with Crippen LogP contribution >= 0.6 is 0 Å². The number of nitrogens with one attached hydrogen (secondary N) is 2. The molecule has 1 aromatic rings. The maximum Gasteiger partial charge on any atom is 0.234 e. The third-order valence-electron chi connectivity index (χ3n) is 3.55. The van der Waals surface area contributed by atoms with Crippen molar-refractivity contribution >= 4 is 5.91 Å². The molecule has 1 aromatic carbocycles. The first kappa shape index (κ1) is 17.7. The van der Waals surface area contributed by atoms with E-state index in [1.165, 1.54) is 5.56 Å². The molecule has 118 valence electrons. The first-order valence-electron chi connectivity index (χ1n) is 7.50. The molecule has 0 radical (unpaired) electrons. The molecule has 0 heterocycles. The quantitative estimate of drug-likeness (QED) is 0.685. The summed E-state index contributed by atoms with van der Waals surface area (Å²) in [5, 5.41) is 6.09. The van der Waals surface area contributed by atoms with E-state index in [0.29, 0.717) is 19.7 Å². The molecule has 1 amide bonds. The molecule has 0 aliphatic heterocycles. The predicted octanol–water partition coefficient (Wildman–Crippen LogP) is 2.10. The first-order chi connectivity index (χ1) is 9.95. The van der Waals surface area contributed by atoms with Gasteiger partial charge in [-0.2, -0.15) is 0 Å². The number of methoxy groups -OCH3 is 1. The lowest BCUT2D eigenvalue weighted by atomic mass is 9.79. The Morgan fingerprint density at radius 3 is 2.57 bits per heavy atom. The number of ether oxygens (including phenoxy) is 1. The van der Waals surface area contributed by atoms with E-state index >= 15 is 0 Å². The minimum absolute atomic E-state index is 0.0301. The zero-order chi connectivity index (χ0) is 15.7. The molecular weight excluding hydrogens is 264 g/mol. The Morgan fingerprint density at radius 1 is 1.29 bits per heavy atom. The van der Waals surface area contributed by atoms with Gasteiger partial charge < -0.3 is 15.4 Å². The average molecular weight is 292 g/mol. The maximum atomic E-state index is 11.8. The first-order valence-corrected chi connectivity index (χ1v) is 7.50. The fraction of sp³-hybridized carbons (Fsp3) is 0.588. The molecule has 4 heteroatoms. The maximum absolute atomic E-state index is 11.8. The molecule has 0 fully saturated rings. The molecule has 1 unspecified atom stereocenters. The summed E-state index contributed by atoms with van der Waals surface area (Å²) in [7, 11) is 1.65. The van der Waals surface area contributed by atoms with Gasteiger partial charge in [-0.3, -0.25) is 4.79 Å². The number of benzene rings is 1. The van der Waals surface area contributed by atoms with Crippen LogP contribution in [0, 0.1) is 0 Å². The molecule has 0 saturated carbocycles. The van der Waals surface area contributed by atoms with Crippen LogP contribution in [0.15, 0.2) is 30.3 Å². The van der Waals surface area contributed by atoms with Crippen molar-refractivity contribution in [1.29, 1.82) is 0 Å². The summed E-state index contributed by atoms with van der Waals surface area (Å²) in [6.07, 6.45) is 0.904. The van der Waals surface area contributed by atoms with Crippen molar-refractivity contribution in [3.05, 3.63) is 35.9 Å². The summed E-state index contributed by atoms with van der Waals surface area (Å²) in [4.78, 5) is 11.8. The monoisotopic (exact) mass is 292 g/mol. The largest absolute Gasteiger partial charge is 0.383 e. The van der Waals surface area contributed by atoms with Crippen LogP contribution in [-0.4, -0.2) is 38.8 Å². The van der Waals surface area contributed by atoms with Crippen molar-refractivity contribution in [2.24, 2.45) is 0 Å². The van der Waals surface area contributed by atoms with Gasteiger partial charge in [-0.25, -0.2) is 0 Å². The lowest BCUT2D eigenvalue weighted by Crippen LogP contribution is -2.42. The predicted molar refractivity (Wildman–Crippen MR) is 86.4 cm³/mol. The fourth-order valence-electron chi connectivity index (χ4n) is 2.53. The molecule has 2 N–H and O–H groups in total. The minimum atomic E-state index is 0.0301. The van der Waals surface area contributed by atoms with Gasteiger partial charge in [0.2, 0.25) is 5.91 Å². The van der Waals surface area contributed by atoms with Crippen molar-refractivity contribution < 1.29 is 9.53 Å². The van der Waals surface area contributed by atoms with E-state index in [2.05, 4.69) is 55.7 Å². The summed E-state index contributed by atoms with van der Waals surface area (Å²) in [6, 6.07) is 10.6. The highest BCUT2D eigenvalue weighted by atomic mass is 16.5. The van der Waals surface area contributed by atoms with Crippen LogP contribution < -0.4 is 10.6 Å². The Labute approximate surface area is 128 Å². The van der Waals surface area contributed by atoms with Gasteiger partial charge in [-0.1, -0.05) is 44.2 Å². The van der Waals surface area contributed by atoms with Crippen LogP contribution in [0.5, 0.6) is 0 Å². The van der Waals surface area contributed by atoms with E-state index in [1.807, 2.05) is 6.07 Å². The second kappa shape index (κ2) is 8.80. The Balaban J connectivity index is 2.38. The van der Waals surface area contributed by atoms with Crippen molar-refractivity contribution in [1.82, 2.24) is 10.6 Å². The molecular formula is C17H28N2O2. The standard InChI is InChI=1S/C17H28N2O2/c1-14(19-16(20)13-18-10-11-21-4)12-17(2,3)15-8-6-5-7-9-15/h5-9,14,18H,10-13H2,1-4H3,(H,19,20). The topological polar surface area (TPSA) is 50.4 Å². The van der Waals surface area contributed by atoms with Crippen molar-refractivity contribution in [2.45, 2.75) is 38.6 Å². The van der Waals surface area contributed by atoms with Gasteiger partial charge in [-0.05, 0) is 24.3 Å². The van der Waals surface area contributed by atoms with Crippen molar-refractivity contribution in [3.8, 4) is 0 Å². The number of carbonyl (C=O) groups is 1. The lowest BCUT2D eigenvalue weighted by molar-refractivity contribution is -0.120. The molecule has 21 heavy (non-hydrogen) atoms. The van der Waals surface area contributed by atoms with E-state index in [9.17, 15) is 4.79 Å². The SMILES string of the molecule is COCCNCC(=O)NC(C)CC(C)(C)c1ccccc1. The zero-order valence-corrected chi connectivity index (χ0v) is 13.6. The van der Waals surface area contributed by atoms with E-state index in [1.54, 1.807) is 7.11 Å². The second-order valence-corrected chi connectivity index (χ2v) is 6.09. The van der Waals surface area contributed by atoms with Crippen LogP contribution in [-0.2, 0) is 14.9 Å². The molecule has 0 saturated heterocycles. The molecule has 0 aliphatic carbocycles. The Kier molecular flexibility index (Phi) is 7.40. The van der Waals surface area contributed by atoms with Crippen LogP contribution in [0.3, 0.4) is 0 Å². The van der Waals surface area contributed by atoms with Gasteiger partial charge in [-0.15, -0.1) is 0 Å². The van der Waals surface area contributed by atoms with E-state index in [-0.39, 0.29) is 17.4 Å². The summed E-state index contributed by atoms with van der Waals surface area (Å²) in [6.45, 7) is 8.11. The van der Waals surface area contributed by atoms with Crippen LogP contribution in [0.2, 0.25) is 0 Å². The van der Waals surface area contributed by atoms with E-state index in [0.717, 1.165) is 6.42 Å². The van der Waals surface area contributed by atoms with Gasteiger partial charge >= 0.3 is 0 Å². The molecule has 0 aromatic heterocycles. The fourth-order valence-corrected chi connectivity index (χ4v) is 2.53. The number of hydrogen-bond acceptors (Lipinski definition) is 3. The Morgan fingerprint density at radius 2 is 1.95 bits per heavy atom. The second-order valence-electron chi connectivity index (χ2n) is 6.09. The van der Waals surface area contributed by atoms with Crippen molar-refractivity contribution in [2.75, 3.05) is 26.8 Å². The third kappa shape index (κ3) is 6.74. The van der Waals surface area contributed by atoms with Crippen LogP contribution in [0.25, 0.3) is 0 Å². The third-order valence-corrected chi connectivity index (χ3v) is 3.55. The number of hydrogen-bond donors (Lipinski definition) is 2. The van der Waals surface area contributed by atoms with E-state index in [4.69, 9.17) is 4.74 Å². The molecule has 0 bridgehead atoms. The highest BCUT2D eigenvalue weighted by Gasteiger charge is 2.23. The summed E-state index contributed by atoms with van der Waals surface area (Å²) >= 11 is 0. The Bertz CT molecular complexity index is 418. The van der Waals surface area contributed by atoms with Gasteiger partial charge in [0, 0.05) is 19.7 Å². The molecule has 4 nitrogen and oxygen atoms in total. The van der Waals surface area contributed by atoms with E-state index < -0.39 is 0 Å². The smallest absolute Gasteiger partial charge is 0.234 e. The minimum Gasteiger partial charge on any atom is -0.383 e. The molecule has 1 rings (SSSR count). The number of amides is 1. The number of rotatable bonds is 9. The highest BCUT2D eigenvalue weighted by Crippen LogP contribution is 2.27. The molecule has 0 spiro atoms. The normalized spacial score (nSPS) is 13.0. The summed E-state index contributed by atoms with van der Waals surface area (Å²) in [5.41, 5.74) is 1.33. The molecule has 1 atom stereocenters. The summed E-state index contributed by atoms with van der Waals surface area (Å²) in [5.74, 6) is 0.0301. The van der Waals surface area contributed by atoms with Crippen LogP contribution in [0.4, 0.5) is 0 Å². The number of carbonyl (C=O) groups excluding carboxylic acids is 1. The lowest BCUT2D eigenvalue weighted by Gasteiger charge is -2.29.